The third-order valence-electron chi connectivity index (χ3n) is 3.92. The fourth-order valence-corrected chi connectivity index (χ4v) is 2.81. The number of carboxylic acids is 1. The summed E-state index contributed by atoms with van der Waals surface area (Å²) in [5.41, 5.74) is 0. The average molecular weight is 310 g/mol. The van der Waals surface area contributed by atoms with Gasteiger partial charge in [-0.3, -0.25) is 4.79 Å². The lowest BCUT2D eigenvalue weighted by molar-refractivity contribution is -0.138. The van der Waals surface area contributed by atoms with Crippen LogP contribution in [0.2, 0.25) is 0 Å². The first-order chi connectivity index (χ1) is 10.5. The van der Waals surface area contributed by atoms with Crippen molar-refractivity contribution in [3.63, 3.8) is 0 Å². The van der Waals surface area contributed by atoms with Gasteiger partial charge in [0.05, 0.1) is 0 Å². The maximum Gasteiger partial charge on any atom is 0.303 e. The number of allylic oxidation sites excluding steroid dienone is 1. The molecule has 1 saturated carbocycles. The van der Waals surface area contributed by atoms with E-state index in [0.717, 1.165) is 25.3 Å². The van der Waals surface area contributed by atoms with E-state index in [1.54, 1.807) is 30.3 Å². The molecule has 3 nitrogen and oxygen atoms in total. The van der Waals surface area contributed by atoms with Crippen LogP contribution in [0.15, 0.2) is 42.5 Å². The van der Waals surface area contributed by atoms with Crippen LogP contribution in [0.3, 0.4) is 0 Å². The molecule has 0 aromatic heterocycles. The summed E-state index contributed by atoms with van der Waals surface area (Å²) in [5, 5.41) is 8.84. The molecule has 0 amide bonds. The van der Waals surface area contributed by atoms with Crippen molar-refractivity contribution >= 4 is 5.97 Å². The lowest BCUT2D eigenvalue weighted by Gasteiger charge is -2.17. The number of ether oxygens (including phenoxy) is 1. The minimum atomic E-state index is -3.06. The monoisotopic (exact) mass is 310 g/mol. The van der Waals surface area contributed by atoms with E-state index in [2.05, 4.69) is 0 Å². The molecule has 2 atom stereocenters. The van der Waals surface area contributed by atoms with E-state index in [1.165, 1.54) is 6.08 Å². The summed E-state index contributed by atoms with van der Waals surface area (Å²) >= 11 is 0. The number of para-hydroxylation sites is 1. The fraction of sp³-hybridized carbons (Fsp3) is 0.471. The number of benzene rings is 1. The number of rotatable bonds is 7. The van der Waals surface area contributed by atoms with Gasteiger partial charge in [-0.1, -0.05) is 30.7 Å². The molecule has 0 radical (unpaired) electrons. The molecule has 22 heavy (non-hydrogen) atoms. The Balaban J connectivity index is 1.88. The summed E-state index contributed by atoms with van der Waals surface area (Å²) in [6, 6.07) is 8.48. The number of carbonyl (C=O) groups is 1. The van der Waals surface area contributed by atoms with Crippen molar-refractivity contribution in [1.82, 2.24) is 0 Å². The van der Waals surface area contributed by atoms with Crippen LogP contribution in [0.5, 0.6) is 5.75 Å². The van der Waals surface area contributed by atoms with Crippen molar-refractivity contribution in [2.45, 2.75) is 31.6 Å². The molecule has 0 spiro atoms. The largest absolute Gasteiger partial charge is 0.487 e. The zero-order chi connectivity index (χ0) is 16.0. The first-order valence-corrected chi connectivity index (χ1v) is 7.43. The van der Waals surface area contributed by atoms with Gasteiger partial charge >= 0.3 is 5.97 Å². The van der Waals surface area contributed by atoms with E-state index in [1.807, 2.05) is 0 Å². The van der Waals surface area contributed by atoms with Crippen molar-refractivity contribution in [2.24, 2.45) is 11.8 Å². The van der Waals surface area contributed by atoms with Gasteiger partial charge in [0, 0.05) is 6.42 Å². The molecule has 0 heterocycles. The minimum Gasteiger partial charge on any atom is -0.487 e. The average Bonchev–Trinajstić information content (AvgIpc) is 2.91. The third-order valence-corrected chi connectivity index (χ3v) is 3.92. The molecule has 1 aromatic rings. The van der Waals surface area contributed by atoms with E-state index in [-0.39, 0.29) is 18.3 Å². The highest BCUT2D eigenvalue weighted by Crippen LogP contribution is 2.35. The van der Waals surface area contributed by atoms with E-state index in [9.17, 15) is 13.6 Å². The van der Waals surface area contributed by atoms with Crippen LogP contribution in [0.4, 0.5) is 8.78 Å². The summed E-state index contributed by atoms with van der Waals surface area (Å²) in [4.78, 5) is 10.8. The Kier molecular flexibility index (Phi) is 5.52. The second kappa shape index (κ2) is 7.38. The molecule has 1 N–H and O–H groups in total. The fourth-order valence-electron chi connectivity index (χ4n) is 2.81. The lowest BCUT2D eigenvalue weighted by atomic mass is 9.92. The molecule has 1 fully saturated rings. The number of alkyl halides is 2. The van der Waals surface area contributed by atoms with Gasteiger partial charge in [0.25, 0.3) is 5.92 Å². The van der Waals surface area contributed by atoms with E-state index in [0.29, 0.717) is 5.75 Å². The van der Waals surface area contributed by atoms with Gasteiger partial charge in [0.15, 0.2) is 6.61 Å². The molecule has 1 aromatic carbocycles. The smallest absolute Gasteiger partial charge is 0.303 e. The van der Waals surface area contributed by atoms with Crippen LogP contribution in [-0.2, 0) is 4.79 Å². The molecule has 0 saturated heterocycles. The van der Waals surface area contributed by atoms with Crippen molar-refractivity contribution < 1.29 is 23.4 Å². The summed E-state index contributed by atoms with van der Waals surface area (Å²) < 4.78 is 32.7. The van der Waals surface area contributed by atoms with Crippen LogP contribution in [-0.4, -0.2) is 23.6 Å². The molecule has 5 heteroatoms. The molecule has 2 rings (SSSR count). The van der Waals surface area contributed by atoms with Crippen LogP contribution in [0, 0.1) is 11.8 Å². The standard InChI is InChI=1S/C17H20F2O3/c18-17(19,12-22-15-7-2-1-3-8-15)10-9-13-5-4-6-14(13)11-16(20)21/h1-3,7-10,13-14H,4-6,11-12H2,(H,20,21)/b10-9+/t13-,14-/m1/s1. The minimum absolute atomic E-state index is 0.0420. The number of hydrogen-bond donors (Lipinski definition) is 1. The summed E-state index contributed by atoms with van der Waals surface area (Å²) in [7, 11) is 0. The van der Waals surface area contributed by atoms with Gasteiger partial charge in [0.1, 0.15) is 5.75 Å². The van der Waals surface area contributed by atoms with Gasteiger partial charge in [-0.25, -0.2) is 0 Å². The van der Waals surface area contributed by atoms with E-state index in [4.69, 9.17) is 9.84 Å². The maximum absolute atomic E-state index is 13.8. The topological polar surface area (TPSA) is 46.5 Å². The van der Waals surface area contributed by atoms with Crippen molar-refractivity contribution in [3.05, 3.63) is 42.5 Å². The van der Waals surface area contributed by atoms with Crippen molar-refractivity contribution in [3.8, 4) is 5.75 Å². The Morgan fingerprint density at radius 1 is 1.32 bits per heavy atom. The second-order valence-electron chi connectivity index (χ2n) is 5.67. The highest BCUT2D eigenvalue weighted by Gasteiger charge is 2.30. The third kappa shape index (κ3) is 5.13. The van der Waals surface area contributed by atoms with Crippen LogP contribution < -0.4 is 4.74 Å². The van der Waals surface area contributed by atoms with E-state index < -0.39 is 18.5 Å². The van der Waals surface area contributed by atoms with Gasteiger partial charge in [-0.15, -0.1) is 0 Å². The van der Waals surface area contributed by atoms with Crippen LogP contribution in [0.25, 0.3) is 0 Å². The summed E-state index contributed by atoms with van der Waals surface area (Å²) in [6.45, 7) is -0.718. The van der Waals surface area contributed by atoms with Crippen LogP contribution >= 0.6 is 0 Å². The van der Waals surface area contributed by atoms with Gasteiger partial charge < -0.3 is 9.84 Å². The Morgan fingerprint density at radius 2 is 2.05 bits per heavy atom. The van der Waals surface area contributed by atoms with Gasteiger partial charge in [-0.05, 0) is 42.9 Å². The van der Waals surface area contributed by atoms with Gasteiger partial charge in [0.2, 0.25) is 0 Å². The first-order valence-electron chi connectivity index (χ1n) is 7.43. The quantitative estimate of drug-likeness (QED) is 0.770. The Hall–Kier alpha value is -1.91. The highest BCUT2D eigenvalue weighted by atomic mass is 19.3. The highest BCUT2D eigenvalue weighted by molar-refractivity contribution is 5.67. The predicted molar refractivity (Wildman–Crippen MR) is 79.1 cm³/mol. The molecular formula is C17H20F2O3. The SMILES string of the molecule is O=C(O)C[C@H]1CCC[C@@H]1/C=C/C(F)(F)COc1ccccc1. The maximum atomic E-state index is 13.8. The Labute approximate surface area is 128 Å². The number of carboxylic acid groups (broad SMARTS) is 1. The zero-order valence-corrected chi connectivity index (χ0v) is 12.3. The Morgan fingerprint density at radius 3 is 2.73 bits per heavy atom. The zero-order valence-electron chi connectivity index (χ0n) is 12.3. The second-order valence-corrected chi connectivity index (χ2v) is 5.67. The van der Waals surface area contributed by atoms with Crippen molar-refractivity contribution in [2.75, 3.05) is 6.61 Å². The lowest BCUT2D eigenvalue weighted by Crippen LogP contribution is -2.23. The predicted octanol–water partition coefficient (Wildman–Crippen LogP) is 4.15. The van der Waals surface area contributed by atoms with Crippen LogP contribution in [0.1, 0.15) is 25.7 Å². The number of aliphatic carboxylic acids is 1. The van der Waals surface area contributed by atoms with Gasteiger partial charge in [-0.2, -0.15) is 8.78 Å². The first kappa shape index (κ1) is 16.5. The molecule has 0 unspecified atom stereocenters. The Bertz CT molecular complexity index is 514. The molecule has 0 aliphatic heterocycles. The molecule has 1 aliphatic rings. The van der Waals surface area contributed by atoms with Crippen molar-refractivity contribution in [1.29, 1.82) is 0 Å². The molecule has 1 aliphatic carbocycles. The molecule has 0 bridgehead atoms. The molecular weight excluding hydrogens is 290 g/mol. The summed E-state index contributed by atoms with van der Waals surface area (Å²) in [5.74, 6) is -3.66. The normalized spacial score (nSPS) is 22.1. The number of hydrogen-bond acceptors (Lipinski definition) is 2. The molecule has 120 valence electrons. The van der Waals surface area contributed by atoms with E-state index >= 15 is 0 Å². The summed E-state index contributed by atoms with van der Waals surface area (Å²) in [6.07, 6.45) is 4.81. The number of halogens is 2.